The molecule has 0 heterocycles. The van der Waals surface area contributed by atoms with Gasteiger partial charge in [0.1, 0.15) is 0 Å². The van der Waals surface area contributed by atoms with Crippen LogP contribution in [0.3, 0.4) is 0 Å². The summed E-state index contributed by atoms with van der Waals surface area (Å²) in [5.41, 5.74) is 0.0207. The molecule has 1 atom stereocenters. The van der Waals surface area contributed by atoms with E-state index >= 15 is 0 Å². The third kappa shape index (κ3) is 5.15. The lowest BCUT2D eigenvalue weighted by molar-refractivity contribution is 0.0142. The Morgan fingerprint density at radius 1 is 1.05 bits per heavy atom. The van der Waals surface area contributed by atoms with Crippen LogP contribution in [0.4, 0.5) is 0 Å². The van der Waals surface area contributed by atoms with Gasteiger partial charge in [-0.05, 0) is 51.0 Å². The van der Waals surface area contributed by atoms with Crippen LogP contribution in [0.2, 0.25) is 0 Å². The molecule has 0 fully saturated rings. The van der Waals surface area contributed by atoms with Crippen LogP contribution < -0.4 is 10.6 Å². The molecule has 5 nitrogen and oxygen atoms in total. The Balaban J connectivity index is 2.67. The molecule has 2 amide bonds. The van der Waals surface area contributed by atoms with Crippen LogP contribution in [0.1, 0.15) is 55.3 Å². The summed E-state index contributed by atoms with van der Waals surface area (Å²) in [6.45, 7) is 9.44. The summed E-state index contributed by atoms with van der Waals surface area (Å²) in [5, 5.41) is 15.6. The molecular weight excluding hydrogens is 280 g/mol. The maximum atomic E-state index is 12.1. The van der Waals surface area contributed by atoms with Crippen LogP contribution in [-0.4, -0.2) is 35.1 Å². The molecule has 0 saturated heterocycles. The standard InChI is InChI=1S/C17H26N2O3/c1-11(2)17(5,22)10-18-15(20)13-6-8-14(9-7-13)16(21)19-12(3)4/h6-9,11-12,22H,10H2,1-5H3,(H,18,20)(H,19,21). The van der Waals surface area contributed by atoms with E-state index in [1.807, 2.05) is 27.7 Å². The highest BCUT2D eigenvalue weighted by atomic mass is 16.3. The summed E-state index contributed by atoms with van der Waals surface area (Å²) in [5.74, 6) is -0.392. The van der Waals surface area contributed by atoms with Crippen molar-refractivity contribution < 1.29 is 14.7 Å². The van der Waals surface area contributed by atoms with Crippen molar-refractivity contribution in [2.75, 3.05) is 6.54 Å². The van der Waals surface area contributed by atoms with Gasteiger partial charge in [0.15, 0.2) is 0 Å². The summed E-state index contributed by atoms with van der Waals surface area (Å²) in [7, 11) is 0. The third-order valence-electron chi connectivity index (χ3n) is 3.68. The Hall–Kier alpha value is -1.88. The first-order chi connectivity index (χ1) is 10.1. The van der Waals surface area contributed by atoms with Crippen LogP contribution in [0.5, 0.6) is 0 Å². The Morgan fingerprint density at radius 2 is 1.50 bits per heavy atom. The number of nitrogens with one attached hydrogen (secondary N) is 2. The molecule has 0 saturated carbocycles. The number of carbonyl (C=O) groups excluding carboxylic acids is 2. The first kappa shape index (κ1) is 18.2. The Kier molecular flexibility index (Phi) is 6.11. The highest BCUT2D eigenvalue weighted by molar-refractivity contribution is 5.97. The summed E-state index contributed by atoms with van der Waals surface area (Å²) >= 11 is 0. The van der Waals surface area contributed by atoms with Crippen LogP contribution in [0.15, 0.2) is 24.3 Å². The van der Waals surface area contributed by atoms with E-state index in [2.05, 4.69) is 10.6 Å². The molecule has 22 heavy (non-hydrogen) atoms. The van der Waals surface area contributed by atoms with Gasteiger partial charge in [-0.25, -0.2) is 0 Å². The monoisotopic (exact) mass is 306 g/mol. The van der Waals surface area contributed by atoms with E-state index in [0.717, 1.165) is 0 Å². The predicted octanol–water partition coefficient (Wildman–Crippen LogP) is 1.96. The maximum Gasteiger partial charge on any atom is 0.251 e. The first-order valence-corrected chi connectivity index (χ1v) is 7.55. The molecule has 3 N–H and O–H groups in total. The number of benzene rings is 1. The van der Waals surface area contributed by atoms with Gasteiger partial charge in [0.2, 0.25) is 0 Å². The zero-order valence-corrected chi connectivity index (χ0v) is 13.9. The zero-order valence-electron chi connectivity index (χ0n) is 13.9. The number of carbonyl (C=O) groups is 2. The highest BCUT2D eigenvalue weighted by Crippen LogP contribution is 2.14. The van der Waals surface area contributed by atoms with Gasteiger partial charge in [-0.1, -0.05) is 13.8 Å². The van der Waals surface area contributed by atoms with Crippen LogP contribution in [-0.2, 0) is 0 Å². The van der Waals surface area contributed by atoms with E-state index in [0.29, 0.717) is 11.1 Å². The van der Waals surface area contributed by atoms with Crippen molar-refractivity contribution in [1.29, 1.82) is 0 Å². The molecule has 0 spiro atoms. The van der Waals surface area contributed by atoms with E-state index in [9.17, 15) is 14.7 Å². The van der Waals surface area contributed by atoms with Crippen molar-refractivity contribution >= 4 is 11.8 Å². The van der Waals surface area contributed by atoms with Gasteiger partial charge in [-0.2, -0.15) is 0 Å². The molecule has 0 aliphatic carbocycles. The van der Waals surface area contributed by atoms with Crippen LogP contribution in [0, 0.1) is 5.92 Å². The van der Waals surface area contributed by atoms with Crippen LogP contribution in [0.25, 0.3) is 0 Å². The normalized spacial score (nSPS) is 13.8. The number of rotatable bonds is 6. The average molecular weight is 306 g/mol. The smallest absolute Gasteiger partial charge is 0.251 e. The quantitative estimate of drug-likeness (QED) is 0.752. The molecular formula is C17H26N2O3. The molecule has 1 rings (SSSR count). The predicted molar refractivity (Wildman–Crippen MR) is 86.8 cm³/mol. The summed E-state index contributed by atoms with van der Waals surface area (Å²) < 4.78 is 0. The summed E-state index contributed by atoms with van der Waals surface area (Å²) in [6.07, 6.45) is 0. The lowest BCUT2D eigenvalue weighted by Gasteiger charge is -2.27. The number of hydrogen-bond acceptors (Lipinski definition) is 3. The summed E-state index contributed by atoms with van der Waals surface area (Å²) in [6, 6.07) is 6.51. The van der Waals surface area contributed by atoms with Gasteiger partial charge in [-0.15, -0.1) is 0 Å². The molecule has 1 aromatic carbocycles. The first-order valence-electron chi connectivity index (χ1n) is 7.55. The summed E-state index contributed by atoms with van der Waals surface area (Å²) in [4.78, 5) is 23.9. The minimum atomic E-state index is -0.952. The van der Waals surface area contributed by atoms with Crippen molar-refractivity contribution in [3.8, 4) is 0 Å². The van der Waals surface area contributed by atoms with Crippen molar-refractivity contribution in [3.05, 3.63) is 35.4 Å². The van der Waals surface area contributed by atoms with Crippen molar-refractivity contribution in [3.63, 3.8) is 0 Å². The second-order valence-electron chi connectivity index (χ2n) is 6.40. The van der Waals surface area contributed by atoms with Gasteiger partial charge in [0.25, 0.3) is 11.8 Å². The number of aliphatic hydroxyl groups is 1. The van der Waals surface area contributed by atoms with Gasteiger partial charge in [0.05, 0.1) is 5.60 Å². The van der Waals surface area contributed by atoms with Gasteiger partial charge >= 0.3 is 0 Å². The van der Waals surface area contributed by atoms with E-state index in [1.165, 1.54) is 0 Å². The van der Waals surface area contributed by atoms with E-state index < -0.39 is 5.60 Å². The molecule has 0 bridgehead atoms. The van der Waals surface area contributed by atoms with Gasteiger partial charge < -0.3 is 15.7 Å². The molecule has 1 aromatic rings. The van der Waals surface area contributed by atoms with Gasteiger partial charge in [-0.3, -0.25) is 9.59 Å². The maximum absolute atomic E-state index is 12.1. The van der Waals surface area contributed by atoms with E-state index in [4.69, 9.17) is 0 Å². The highest BCUT2D eigenvalue weighted by Gasteiger charge is 2.25. The fourth-order valence-corrected chi connectivity index (χ4v) is 1.68. The Labute approximate surface area is 132 Å². The third-order valence-corrected chi connectivity index (χ3v) is 3.68. The molecule has 1 unspecified atom stereocenters. The lowest BCUT2D eigenvalue weighted by Crippen LogP contribution is -2.44. The fourth-order valence-electron chi connectivity index (χ4n) is 1.68. The molecule has 0 radical (unpaired) electrons. The minimum absolute atomic E-state index is 0.0369. The largest absolute Gasteiger partial charge is 0.388 e. The van der Waals surface area contributed by atoms with Crippen molar-refractivity contribution in [2.24, 2.45) is 5.92 Å². The van der Waals surface area contributed by atoms with Crippen molar-refractivity contribution in [2.45, 2.75) is 46.3 Å². The van der Waals surface area contributed by atoms with Crippen molar-refractivity contribution in [1.82, 2.24) is 10.6 Å². The lowest BCUT2D eigenvalue weighted by atomic mass is 9.92. The molecule has 0 aliphatic rings. The molecule has 0 aromatic heterocycles. The fraction of sp³-hybridized carbons (Fsp3) is 0.529. The molecule has 5 heteroatoms. The van der Waals surface area contributed by atoms with E-state index in [1.54, 1.807) is 31.2 Å². The topological polar surface area (TPSA) is 78.4 Å². The second kappa shape index (κ2) is 7.40. The Bertz CT molecular complexity index is 519. The average Bonchev–Trinajstić information content (AvgIpc) is 2.44. The van der Waals surface area contributed by atoms with Gasteiger partial charge in [0, 0.05) is 23.7 Å². The molecule has 122 valence electrons. The SMILES string of the molecule is CC(C)NC(=O)c1ccc(C(=O)NCC(C)(O)C(C)C)cc1. The molecule has 0 aliphatic heterocycles. The Morgan fingerprint density at radius 3 is 1.91 bits per heavy atom. The zero-order chi connectivity index (χ0) is 16.9. The second-order valence-corrected chi connectivity index (χ2v) is 6.40. The number of hydrogen-bond donors (Lipinski definition) is 3. The van der Waals surface area contributed by atoms with E-state index in [-0.39, 0.29) is 30.3 Å². The van der Waals surface area contributed by atoms with Crippen LogP contribution >= 0.6 is 0 Å². The minimum Gasteiger partial charge on any atom is -0.388 e. The number of amides is 2.